The first-order chi connectivity index (χ1) is 5.39. The molecule has 0 aromatic heterocycles. The van der Waals surface area contributed by atoms with Crippen molar-refractivity contribution in [1.82, 2.24) is 0 Å². The predicted octanol–water partition coefficient (Wildman–Crippen LogP) is 3.25. The quantitative estimate of drug-likeness (QED) is 0.492. The second-order valence-electron chi connectivity index (χ2n) is 2.72. The van der Waals surface area contributed by atoms with E-state index in [1.807, 2.05) is 0 Å². The fourth-order valence-corrected chi connectivity index (χ4v) is 0.936. The summed E-state index contributed by atoms with van der Waals surface area (Å²) in [5, 5.41) is 0. The van der Waals surface area contributed by atoms with E-state index >= 15 is 0 Å². The van der Waals surface area contributed by atoms with Crippen LogP contribution in [-0.2, 0) is 0 Å². The van der Waals surface area contributed by atoms with E-state index in [4.69, 9.17) is 0 Å². The zero-order chi connectivity index (χ0) is 7.94. The Balaban J connectivity index is 2.62. The Hall–Kier alpha value is -1.04. The third kappa shape index (κ3) is 3.61. The minimum absolute atomic E-state index is 0.544. The first kappa shape index (κ1) is 8.06. The van der Waals surface area contributed by atoms with Crippen molar-refractivity contribution in [3.05, 3.63) is 48.6 Å². The molecule has 0 N–H and O–H groups in total. The highest BCUT2D eigenvalue weighted by Gasteiger charge is 1.86. The number of hydrogen-bond donors (Lipinski definition) is 0. The standard InChI is InChI=1S/C11H14/c1-11-9-7-5-3-2-4-6-8-10-11/h3-11H,2H2,1H3/b5-3-,6-4-,9-7-,10-8-. The molecule has 1 aliphatic rings. The highest BCUT2D eigenvalue weighted by Crippen LogP contribution is 2.01. The minimum Gasteiger partial charge on any atom is -0.0808 e. The molecule has 0 aliphatic heterocycles. The van der Waals surface area contributed by atoms with Crippen molar-refractivity contribution >= 4 is 0 Å². The summed E-state index contributed by atoms with van der Waals surface area (Å²) in [6, 6.07) is 0. The Morgan fingerprint density at radius 1 is 0.909 bits per heavy atom. The minimum atomic E-state index is 0.544. The average molecular weight is 146 g/mol. The molecule has 0 saturated heterocycles. The second kappa shape index (κ2) is 4.73. The van der Waals surface area contributed by atoms with Crippen LogP contribution in [0, 0.1) is 5.92 Å². The van der Waals surface area contributed by atoms with Gasteiger partial charge in [-0.15, -0.1) is 0 Å². The van der Waals surface area contributed by atoms with Gasteiger partial charge in [-0.3, -0.25) is 0 Å². The number of hydrogen-bond acceptors (Lipinski definition) is 0. The van der Waals surface area contributed by atoms with Crippen LogP contribution in [-0.4, -0.2) is 0 Å². The van der Waals surface area contributed by atoms with Crippen molar-refractivity contribution < 1.29 is 0 Å². The van der Waals surface area contributed by atoms with Crippen LogP contribution in [0.4, 0.5) is 0 Å². The van der Waals surface area contributed by atoms with Gasteiger partial charge in [0.1, 0.15) is 0 Å². The van der Waals surface area contributed by atoms with Gasteiger partial charge >= 0.3 is 0 Å². The average Bonchev–Trinajstić information content (AvgIpc) is 2.03. The van der Waals surface area contributed by atoms with Crippen molar-refractivity contribution in [2.24, 2.45) is 5.92 Å². The summed E-state index contributed by atoms with van der Waals surface area (Å²) in [6.07, 6.45) is 18.1. The van der Waals surface area contributed by atoms with Gasteiger partial charge < -0.3 is 0 Å². The fourth-order valence-electron chi connectivity index (χ4n) is 0.936. The van der Waals surface area contributed by atoms with E-state index in [2.05, 4.69) is 55.5 Å². The summed E-state index contributed by atoms with van der Waals surface area (Å²) in [6.45, 7) is 2.18. The van der Waals surface area contributed by atoms with Crippen molar-refractivity contribution in [1.29, 1.82) is 0 Å². The zero-order valence-corrected chi connectivity index (χ0v) is 6.90. The Morgan fingerprint density at radius 2 is 1.45 bits per heavy atom. The number of allylic oxidation sites excluding steroid dienone is 8. The third-order valence-corrected chi connectivity index (χ3v) is 1.60. The molecule has 0 saturated carbocycles. The molecule has 58 valence electrons. The summed E-state index contributed by atoms with van der Waals surface area (Å²) < 4.78 is 0. The molecule has 0 nitrogen and oxygen atoms in total. The highest BCUT2D eigenvalue weighted by molar-refractivity contribution is 5.14. The van der Waals surface area contributed by atoms with Crippen LogP contribution in [0.15, 0.2) is 48.6 Å². The van der Waals surface area contributed by atoms with Crippen LogP contribution in [0.25, 0.3) is 0 Å². The van der Waals surface area contributed by atoms with Crippen molar-refractivity contribution in [2.75, 3.05) is 0 Å². The summed E-state index contributed by atoms with van der Waals surface area (Å²) in [5.74, 6) is 0.544. The molecule has 0 heterocycles. The monoisotopic (exact) mass is 146 g/mol. The topological polar surface area (TPSA) is 0 Å². The summed E-state index contributed by atoms with van der Waals surface area (Å²) in [7, 11) is 0. The molecule has 0 fully saturated rings. The van der Waals surface area contributed by atoms with Gasteiger partial charge in [-0.25, -0.2) is 0 Å². The molecule has 0 bridgehead atoms. The van der Waals surface area contributed by atoms with Gasteiger partial charge in [0.05, 0.1) is 0 Å². The summed E-state index contributed by atoms with van der Waals surface area (Å²) in [5.41, 5.74) is 0. The molecule has 0 radical (unpaired) electrons. The maximum atomic E-state index is 2.19. The number of rotatable bonds is 0. The summed E-state index contributed by atoms with van der Waals surface area (Å²) >= 11 is 0. The lowest BCUT2D eigenvalue weighted by atomic mass is 10.1. The van der Waals surface area contributed by atoms with Crippen LogP contribution < -0.4 is 0 Å². The molecule has 0 unspecified atom stereocenters. The van der Waals surface area contributed by atoms with Gasteiger partial charge in [-0.05, 0) is 12.3 Å². The Kier molecular flexibility index (Phi) is 3.46. The van der Waals surface area contributed by atoms with Crippen molar-refractivity contribution in [3.8, 4) is 0 Å². The third-order valence-electron chi connectivity index (χ3n) is 1.60. The van der Waals surface area contributed by atoms with Crippen LogP contribution in [0.3, 0.4) is 0 Å². The molecule has 1 aliphatic carbocycles. The lowest BCUT2D eigenvalue weighted by Crippen LogP contribution is -1.80. The van der Waals surface area contributed by atoms with Crippen LogP contribution in [0.1, 0.15) is 13.3 Å². The van der Waals surface area contributed by atoms with Gasteiger partial charge in [0, 0.05) is 0 Å². The van der Waals surface area contributed by atoms with Crippen molar-refractivity contribution in [3.63, 3.8) is 0 Å². The van der Waals surface area contributed by atoms with Crippen LogP contribution in [0.5, 0.6) is 0 Å². The predicted molar refractivity (Wildman–Crippen MR) is 50.3 cm³/mol. The fraction of sp³-hybridized carbons (Fsp3) is 0.273. The van der Waals surface area contributed by atoms with Gasteiger partial charge in [-0.1, -0.05) is 55.5 Å². The van der Waals surface area contributed by atoms with Gasteiger partial charge in [0.2, 0.25) is 0 Å². The molecule has 0 aromatic rings. The van der Waals surface area contributed by atoms with Crippen LogP contribution >= 0.6 is 0 Å². The maximum Gasteiger partial charge on any atom is -0.00756 e. The lowest BCUT2D eigenvalue weighted by molar-refractivity contribution is 0.939. The SMILES string of the molecule is CC1/C=C\C=C/C/C=C\C=C/1. The Labute approximate surface area is 68.6 Å². The van der Waals surface area contributed by atoms with E-state index in [-0.39, 0.29) is 0 Å². The zero-order valence-electron chi connectivity index (χ0n) is 6.90. The maximum absolute atomic E-state index is 2.19. The summed E-state index contributed by atoms with van der Waals surface area (Å²) in [4.78, 5) is 0. The molecule has 0 atom stereocenters. The van der Waals surface area contributed by atoms with E-state index in [0.717, 1.165) is 6.42 Å². The van der Waals surface area contributed by atoms with Gasteiger partial charge in [-0.2, -0.15) is 0 Å². The van der Waals surface area contributed by atoms with Crippen LogP contribution in [0.2, 0.25) is 0 Å². The normalized spacial score (nSPS) is 30.6. The Bertz CT molecular complexity index is 182. The Morgan fingerprint density at radius 3 is 2.00 bits per heavy atom. The smallest absolute Gasteiger partial charge is 0.00756 e. The van der Waals surface area contributed by atoms with Gasteiger partial charge in [0.15, 0.2) is 0 Å². The van der Waals surface area contributed by atoms with E-state index in [1.165, 1.54) is 0 Å². The van der Waals surface area contributed by atoms with Crippen molar-refractivity contribution in [2.45, 2.75) is 13.3 Å². The van der Waals surface area contributed by atoms with E-state index in [0.29, 0.717) is 5.92 Å². The molecular weight excluding hydrogens is 132 g/mol. The molecule has 1 rings (SSSR count). The highest BCUT2D eigenvalue weighted by atomic mass is 13.9. The molecule has 0 aromatic carbocycles. The first-order valence-electron chi connectivity index (χ1n) is 4.06. The lowest BCUT2D eigenvalue weighted by Gasteiger charge is -1.95. The van der Waals surface area contributed by atoms with E-state index in [9.17, 15) is 0 Å². The molecule has 11 heavy (non-hydrogen) atoms. The van der Waals surface area contributed by atoms with Gasteiger partial charge in [0.25, 0.3) is 0 Å². The second-order valence-corrected chi connectivity index (χ2v) is 2.72. The van der Waals surface area contributed by atoms with E-state index in [1.54, 1.807) is 0 Å². The first-order valence-corrected chi connectivity index (χ1v) is 4.06. The molecule has 0 spiro atoms. The van der Waals surface area contributed by atoms with E-state index < -0.39 is 0 Å². The molecule has 0 heteroatoms. The molecular formula is C11H14. The largest absolute Gasteiger partial charge is 0.0808 e. The molecule has 0 amide bonds.